The Kier molecular flexibility index (Phi) is 3.78. The van der Waals surface area contributed by atoms with Crippen LogP contribution in [0.1, 0.15) is 12.8 Å². The molecule has 2 saturated heterocycles. The molecule has 2 aliphatic heterocycles. The van der Waals surface area contributed by atoms with Crippen molar-refractivity contribution in [2.24, 2.45) is 0 Å². The van der Waals surface area contributed by atoms with Crippen molar-refractivity contribution in [2.75, 3.05) is 33.8 Å². The Bertz CT molecular complexity index is 260. The molecule has 5 nitrogen and oxygen atoms in total. The van der Waals surface area contributed by atoms with E-state index in [9.17, 15) is 4.79 Å². The zero-order chi connectivity index (χ0) is 11.5. The summed E-state index contributed by atoms with van der Waals surface area (Å²) in [6.07, 6.45) is 2.02. The summed E-state index contributed by atoms with van der Waals surface area (Å²) in [6, 6.07) is 0.247. The first-order valence-corrected chi connectivity index (χ1v) is 5.94. The summed E-state index contributed by atoms with van der Waals surface area (Å²) in [5.41, 5.74) is 0. The van der Waals surface area contributed by atoms with Crippen molar-refractivity contribution in [3.05, 3.63) is 0 Å². The standard InChI is InChI=1S/C11H21N3O2/c1-14-4-3-8(7-14)13-11(15)10-5-9(16-2)6-12-10/h8-10,12H,3-7H2,1-2H3,(H,13,15). The van der Waals surface area contributed by atoms with Gasteiger partial charge in [-0.05, 0) is 26.4 Å². The number of rotatable bonds is 3. The molecule has 0 aromatic heterocycles. The van der Waals surface area contributed by atoms with Crippen LogP contribution >= 0.6 is 0 Å². The first-order chi connectivity index (χ1) is 7.69. The van der Waals surface area contributed by atoms with Gasteiger partial charge in [-0.1, -0.05) is 0 Å². The number of amides is 1. The highest BCUT2D eigenvalue weighted by Gasteiger charge is 2.31. The average molecular weight is 227 g/mol. The van der Waals surface area contributed by atoms with Crippen LogP contribution in [0.4, 0.5) is 0 Å². The smallest absolute Gasteiger partial charge is 0.237 e. The lowest BCUT2D eigenvalue weighted by Crippen LogP contribution is -2.45. The fourth-order valence-corrected chi connectivity index (χ4v) is 2.44. The molecular formula is C11H21N3O2. The van der Waals surface area contributed by atoms with Crippen molar-refractivity contribution in [1.29, 1.82) is 0 Å². The van der Waals surface area contributed by atoms with Gasteiger partial charge in [0.1, 0.15) is 0 Å². The zero-order valence-corrected chi connectivity index (χ0v) is 10.0. The van der Waals surface area contributed by atoms with Crippen LogP contribution in [0.25, 0.3) is 0 Å². The number of hydrogen-bond donors (Lipinski definition) is 2. The van der Waals surface area contributed by atoms with Crippen LogP contribution in [-0.2, 0) is 9.53 Å². The molecule has 2 rings (SSSR count). The molecule has 0 spiro atoms. The first-order valence-electron chi connectivity index (χ1n) is 5.94. The summed E-state index contributed by atoms with van der Waals surface area (Å²) in [4.78, 5) is 14.2. The van der Waals surface area contributed by atoms with E-state index in [1.165, 1.54) is 0 Å². The highest BCUT2D eigenvalue weighted by atomic mass is 16.5. The van der Waals surface area contributed by atoms with E-state index in [1.54, 1.807) is 7.11 Å². The Hall–Kier alpha value is -0.650. The third-order valence-corrected chi connectivity index (χ3v) is 3.48. The molecule has 3 unspecified atom stereocenters. The lowest BCUT2D eigenvalue weighted by molar-refractivity contribution is -0.123. The summed E-state index contributed by atoms with van der Waals surface area (Å²) in [7, 11) is 3.78. The van der Waals surface area contributed by atoms with E-state index in [4.69, 9.17) is 4.74 Å². The van der Waals surface area contributed by atoms with Gasteiger partial charge in [0, 0.05) is 26.2 Å². The lowest BCUT2D eigenvalue weighted by atomic mass is 10.1. The number of ether oxygens (including phenoxy) is 1. The van der Waals surface area contributed by atoms with Crippen molar-refractivity contribution in [2.45, 2.75) is 31.0 Å². The molecule has 2 aliphatic rings. The number of nitrogens with one attached hydrogen (secondary N) is 2. The number of carbonyl (C=O) groups excluding carboxylic acids is 1. The topological polar surface area (TPSA) is 53.6 Å². The van der Waals surface area contributed by atoms with Crippen LogP contribution in [-0.4, -0.2) is 62.8 Å². The first kappa shape index (κ1) is 11.8. The predicted octanol–water partition coefficient (Wildman–Crippen LogP) is -0.816. The van der Waals surface area contributed by atoms with Crippen LogP contribution in [0.15, 0.2) is 0 Å². The van der Waals surface area contributed by atoms with Crippen molar-refractivity contribution >= 4 is 5.91 Å². The molecule has 0 radical (unpaired) electrons. The maximum absolute atomic E-state index is 11.9. The van der Waals surface area contributed by atoms with Gasteiger partial charge in [-0.3, -0.25) is 4.79 Å². The normalized spacial score (nSPS) is 35.5. The monoisotopic (exact) mass is 227 g/mol. The molecule has 0 aromatic carbocycles. The Balaban J connectivity index is 1.76. The number of nitrogens with zero attached hydrogens (tertiary/aromatic N) is 1. The van der Waals surface area contributed by atoms with Gasteiger partial charge in [0.15, 0.2) is 0 Å². The van der Waals surface area contributed by atoms with E-state index in [2.05, 4.69) is 22.6 Å². The van der Waals surface area contributed by atoms with Crippen molar-refractivity contribution < 1.29 is 9.53 Å². The minimum atomic E-state index is -0.0733. The second kappa shape index (κ2) is 5.12. The highest BCUT2D eigenvalue weighted by Crippen LogP contribution is 2.11. The van der Waals surface area contributed by atoms with Gasteiger partial charge in [-0.15, -0.1) is 0 Å². The Morgan fingerprint density at radius 2 is 2.38 bits per heavy atom. The van der Waals surface area contributed by atoms with Crippen LogP contribution in [0.5, 0.6) is 0 Å². The van der Waals surface area contributed by atoms with Crippen LogP contribution in [0, 0.1) is 0 Å². The summed E-state index contributed by atoms with van der Waals surface area (Å²) >= 11 is 0. The van der Waals surface area contributed by atoms with E-state index >= 15 is 0 Å². The summed E-state index contributed by atoms with van der Waals surface area (Å²) < 4.78 is 5.23. The second-order valence-electron chi connectivity index (χ2n) is 4.81. The molecule has 2 N–H and O–H groups in total. The Morgan fingerprint density at radius 3 is 2.94 bits per heavy atom. The Labute approximate surface area is 96.5 Å². The van der Waals surface area contributed by atoms with Crippen molar-refractivity contribution in [1.82, 2.24) is 15.5 Å². The highest BCUT2D eigenvalue weighted by molar-refractivity contribution is 5.82. The average Bonchev–Trinajstić information content (AvgIpc) is 2.87. The number of carbonyl (C=O) groups is 1. The fraction of sp³-hybridized carbons (Fsp3) is 0.909. The van der Waals surface area contributed by atoms with E-state index < -0.39 is 0 Å². The Morgan fingerprint density at radius 1 is 1.56 bits per heavy atom. The third-order valence-electron chi connectivity index (χ3n) is 3.48. The molecule has 92 valence electrons. The SMILES string of the molecule is COC1CNC(C(=O)NC2CCN(C)C2)C1. The molecule has 0 aliphatic carbocycles. The molecule has 0 aromatic rings. The van der Waals surface area contributed by atoms with Gasteiger partial charge >= 0.3 is 0 Å². The molecular weight excluding hydrogens is 206 g/mol. The van der Waals surface area contributed by atoms with E-state index in [0.717, 1.165) is 32.5 Å². The summed E-state index contributed by atoms with van der Waals surface area (Å²) in [5, 5.41) is 6.29. The molecule has 0 bridgehead atoms. The molecule has 3 atom stereocenters. The maximum Gasteiger partial charge on any atom is 0.237 e. The molecule has 2 fully saturated rings. The molecule has 5 heteroatoms. The van der Waals surface area contributed by atoms with Gasteiger partial charge in [0.25, 0.3) is 0 Å². The second-order valence-corrected chi connectivity index (χ2v) is 4.81. The van der Waals surface area contributed by atoms with Gasteiger partial charge < -0.3 is 20.3 Å². The third kappa shape index (κ3) is 2.72. The number of likely N-dealkylation sites (tertiary alicyclic amines) is 1. The van der Waals surface area contributed by atoms with Gasteiger partial charge in [-0.25, -0.2) is 0 Å². The number of likely N-dealkylation sites (N-methyl/N-ethyl adjacent to an activating group) is 1. The number of methoxy groups -OCH3 is 1. The van der Waals surface area contributed by atoms with Gasteiger partial charge in [0.05, 0.1) is 12.1 Å². The van der Waals surface area contributed by atoms with E-state index in [1.807, 2.05) is 0 Å². The van der Waals surface area contributed by atoms with Crippen LogP contribution < -0.4 is 10.6 Å². The molecule has 2 heterocycles. The predicted molar refractivity (Wildman–Crippen MR) is 61.2 cm³/mol. The quantitative estimate of drug-likeness (QED) is 0.662. The van der Waals surface area contributed by atoms with Crippen LogP contribution in [0.3, 0.4) is 0 Å². The fourth-order valence-electron chi connectivity index (χ4n) is 2.44. The van der Waals surface area contributed by atoms with Crippen molar-refractivity contribution in [3.8, 4) is 0 Å². The number of hydrogen-bond acceptors (Lipinski definition) is 4. The van der Waals surface area contributed by atoms with Crippen LogP contribution in [0.2, 0.25) is 0 Å². The van der Waals surface area contributed by atoms with E-state index in [-0.39, 0.29) is 18.1 Å². The minimum absolute atomic E-state index is 0.0733. The molecule has 1 amide bonds. The summed E-state index contributed by atoms with van der Waals surface area (Å²) in [6.45, 7) is 2.81. The van der Waals surface area contributed by atoms with Gasteiger partial charge in [0.2, 0.25) is 5.91 Å². The summed E-state index contributed by atoms with van der Waals surface area (Å²) in [5.74, 6) is 0.125. The zero-order valence-electron chi connectivity index (χ0n) is 10.0. The van der Waals surface area contributed by atoms with Gasteiger partial charge in [-0.2, -0.15) is 0 Å². The van der Waals surface area contributed by atoms with E-state index in [0.29, 0.717) is 6.04 Å². The largest absolute Gasteiger partial charge is 0.380 e. The lowest BCUT2D eigenvalue weighted by Gasteiger charge is -2.16. The van der Waals surface area contributed by atoms with Crippen molar-refractivity contribution in [3.63, 3.8) is 0 Å². The molecule has 0 saturated carbocycles. The minimum Gasteiger partial charge on any atom is -0.380 e. The maximum atomic E-state index is 11.9. The molecule has 16 heavy (non-hydrogen) atoms.